The zero-order valence-electron chi connectivity index (χ0n) is 56.2. The second kappa shape index (κ2) is 71.5. The minimum atomic E-state index is -4.40. The molecule has 0 saturated heterocycles. The van der Waals surface area contributed by atoms with Crippen molar-refractivity contribution in [3.05, 3.63) is 122 Å². The number of esters is 2. The van der Waals surface area contributed by atoms with Crippen molar-refractivity contribution in [3.63, 3.8) is 0 Å². The van der Waals surface area contributed by atoms with Crippen LogP contribution in [0.3, 0.4) is 0 Å². The van der Waals surface area contributed by atoms with Gasteiger partial charge in [0.05, 0.1) is 13.2 Å². The Hall–Kier alpha value is -3.59. The van der Waals surface area contributed by atoms with Gasteiger partial charge < -0.3 is 20.1 Å². The summed E-state index contributed by atoms with van der Waals surface area (Å²) in [4.78, 5) is 35.4. The molecule has 0 aliphatic rings. The van der Waals surface area contributed by atoms with Crippen LogP contribution < -0.4 is 5.73 Å². The maximum absolute atomic E-state index is 12.8. The number of nitrogens with two attached hydrogens (primary N) is 1. The number of unbranched alkanes of at least 4 members (excludes halogenated alkanes) is 34. The van der Waals surface area contributed by atoms with E-state index >= 15 is 0 Å². The van der Waals surface area contributed by atoms with Gasteiger partial charge in [-0.1, -0.05) is 322 Å². The van der Waals surface area contributed by atoms with E-state index in [9.17, 15) is 19.0 Å². The van der Waals surface area contributed by atoms with Crippen LogP contribution >= 0.6 is 7.82 Å². The van der Waals surface area contributed by atoms with Crippen molar-refractivity contribution in [1.82, 2.24) is 0 Å². The molecule has 10 heteroatoms. The first-order chi connectivity index (χ1) is 42.8. The lowest BCUT2D eigenvalue weighted by atomic mass is 10.0. The van der Waals surface area contributed by atoms with Crippen molar-refractivity contribution in [2.45, 2.75) is 328 Å². The van der Waals surface area contributed by atoms with Gasteiger partial charge in [-0.2, -0.15) is 0 Å². The molecule has 0 rings (SSSR count). The summed E-state index contributed by atoms with van der Waals surface area (Å²) in [5.74, 6) is -0.822. The smallest absolute Gasteiger partial charge is 0.462 e. The molecule has 87 heavy (non-hydrogen) atoms. The number of carbonyl (C=O) groups excluding carboxylic acids is 2. The van der Waals surface area contributed by atoms with Gasteiger partial charge in [-0.15, -0.1) is 0 Å². The Kier molecular flexibility index (Phi) is 68.5. The van der Waals surface area contributed by atoms with E-state index in [4.69, 9.17) is 24.3 Å². The fraction of sp³-hybridized carbons (Fsp3) is 0.714. The largest absolute Gasteiger partial charge is 0.472 e. The highest BCUT2D eigenvalue weighted by atomic mass is 31.2. The Labute approximate surface area is 536 Å². The van der Waals surface area contributed by atoms with Crippen LogP contribution in [0.25, 0.3) is 0 Å². The zero-order chi connectivity index (χ0) is 63.0. The molecule has 0 saturated carbocycles. The molecule has 0 aliphatic carbocycles. The third kappa shape index (κ3) is 71.4. The normalized spacial score (nSPS) is 13.7. The van der Waals surface area contributed by atoms with E-state index in [1.807, 2.05) is 0 Å². The predicted octanol–water partition coefficient (Wildman–Crippen LogP) is 23.9. The summed E-state index contributed by atoms with van der Waals surface area (Å²) in [6, 6.07) is 0. The van der Waals surface area contributed by atoms with Crippen molar-refractivity contribution in [2.24, 2.45) is 5.73 Å². The lowest BCUT2D eigenvalue weighted by Gasteiger charge is -2.19. The van der Waals surface area contributed by atoms with Crippen LogP contribution in [0, 0.1) is 0 Å². The molecule has 0 aromatic carbocycles. The quantitative estimate of drug-likeness (QED) is 0.0264. The first-order valence-electron chi connectivity index (χ1n) is 36.0. The summed E-state index contributed by atoms with van der Waals surface area (Å²) < 4.78 is 33.2. The van der Waals surface area contributed by atoms with Crippen LogP contribution in [0.2, 0.25) is 0 Å². The van der Waals surface area contributed by atoms with Crippen LogP contribution in [0.1, 0.15) is 322 Å². The van der Waals surface area contributed by atoms with Gasteiger partial charge in [-0.05, 0) is 109 Å². The Morgan fingerprint density at radius 3 is 0.954 bits per heavy atom. The molecule has 2 atom stereocenters. The number of allylic oxidation sites excluding steroid dienone is 20. The molecule has 500 valence electrons. The molecule has 3 N–H and O–H groups in total. The lowest BCUT2D eigenvalue weighted by Crippen LogP contribution is -2.29. The van der Waals surface area contributed by atoms with E-state index in [1.54, 1.807) is 0 Å². The van der Waals surface area contributed by atoms with E-state index in [-0.39, 0.29) is 38.6 Å². The molecule has 0 heterocycles. The highest BCUT2D eigenvalue weighted by Gasteiger charge is 2.26. The highest BCUT2D eigenvalue weighted by molar-refractivity contribution is 7.47. The summed E-state index contributed by atoms with van der Waals surface area (Å²) in [7, 11) is -4.40. The monoisotopic (exact) mass is 1230 g/mol. The van der Waals surface area contributed by atoms with E-state index in [2.05, 4.69) is 135 Å². The number of rotatable bonds is 67. The van der Waals surface area contributed by atoms with E-state index in [0.717, 1.165) is 96.3 Å². The fourth-order valence-electron chi connectivity index (χ4n) is 10.0. The lowest BCUT2D eigenvalue weighted by molar-refractivity contribution is -0.161. The van der Waals surface area contributed by atoms with Crippen LogP contribution in [-0.4, -0.2) is 49.3 Å². The number of carbonyl (C=O) groups is 2. The zero-order valence-corrected chi connectivity index (χ0v) is 57.1. The summed E-state index contributed by atoms with van der Waals surface area (Å²) in [5.41, 5.74) is 5.40. The van der Waals surface area contributed by atoms with Crippen molar-refractivity contribution in [1.29, 1.82) is 0 Å². The summed E-state index contributed by atoms with van der Waals surface area (Å²) >= 11 is 0. The summed E-state index contributed by atoms with van der Waals surface area (Å²) in [5, 5.41) is 0. The molecule has 0 radical (unpaired) electrons. The van der Waals surface area contributed by atoms with E-state index in [0.29, 0.717) is 6.42 Å². The van der Waals surface area contributed by atoms with Gasteiger partial charge in [0.15, 0.2) is 6.10 Å². The van der Waals surface area contributed by atoms with Gasteiger partial charge in [-0.3, -0.25) is 18.6 Å². The Bertz CT molecular complexity index is 1840. The van der Waals surface area contributed by atoms with Gasteiger partial charge in [0, 0.05) is 19.4 Å². The molecular formula is C77H134NO8P. The van der Waals surface area contributed by atoms with Crippen molar-refractivity contribution in [3.8, 4) is 0 Å². The third-order valence-corrected chi connectivity index (χ3v) is 16.3. The first kappa shape index (κ1) is 83.4. The minimum absolute atomic E-state index is 0.0501. The van der Waals surface area contributed by atoms with Crippen molar-refractivity contribution in [2.75, 3.05) is 26.4 Å². The van der Waals surface area contributed by atoms with Gasteiger partial charge in [0.2, 0.25) is 0 Å². The average Bonchev–Trinajstić information content (AvgIpc) is 3.65. The van der Waals surface area contributed by atoms with Crippen LogP contribution in [0.15, 0.2) is 122 Å². The number of phosphoric ester groups is 1. The standard InChI is InChI=1S/C77H134NO8P/c1-3-5-7-9-11-13-15-17-19-21-23-25-27-29-30-31-32-33-34-35-36-37-38-39-40-41-42-43-44-46-48-50-52-54-56-58-60-62-64-66-68-70-77(80)86-75(74-85-87(81,82)84-72-71-78)73-83-76(79)69-67-65-63-61-59-57-55-53-51-49-47-45-28-26-24-22-20-18-16-14-12-10-8-6-4-2/h5,7,11,13,17,19,22-25,29-30,32-33,35-36,38-39,41-42,75H,3-4,6,8-10,12,14-16,18,20-21,26-28,31,34,37,40,43-74,78H2,1-2H3,(H,81,82)/b7-5-,13-11-,19-17-,24-22-,25-23-,30-29-,33-32-,36-35-,39-38-,42-41-. The van der Waals surface area contributed by atoms with Gasteiger partial charge in [0.25, 0.3) is 0 Å². The first-order valence-corrected chi connectivity index (χ1v) is 37.5. The molecule has 0 amide bonds. The molecule has 2 unspecified atom stereocenters. The number of hydrogen-bond donors (Lipinski definition) is 2. The Morgan fingerprint density at radius 2 is 0.632 bits per heavy atom. The fourth-order valence-corrected chi connectivity index (χ4v) is 10.8. The van der Waals surface area contributed by atoms with Crippen LogP contribution in [0.5, 0.6) is 0 Å². The van der Waals surface area contributed by atoms with Gasteiger partial charge >= 0.3 is 19.8 Å². The van der Waals surface area contributed by atoms with Crippen molar-refractivity contribution >= 4 is 19.8 Å². The van der Waals surface area contributed by atoms with E-state index < -0.39 is 26.5 Å². The van der Waals surface area contributed by atoms with Gasteiger partial charge in [-0.25, -0.2) is 4.57 Å². The van der Waals surface area contributed by atoms with Gasteiger partial charge in [0.1, 0.15) is 6.61 Å². The Balaban J connectivity index is 3.89. The number of ether oxygens (including phenoxy) is 2. The minimum Gasteiger partial charge on any atom is -0.462 e. The Morgan fingerprint density at radius 1 is 0.356 bits per heavy atom. The predicted molar refractivity (Wildman–Crippen MR) is 376 cm³/mol. The summed E-state index contributed by atoms with van der Waals surface area (Å²) in [6.45, 7) is 3.66. The molecule has 0 aromatic rings. The molecule has 0 fully saturated rings. The summed E-state index contributed by atoms with van der Waals surface area (Å²) in [6.07, 6.45) is 100. The number of phosphoric acid groups is 1. The third-order valence-electron chi connectivity index (χ3n) is 15.3. The molecule has 0 spiro atoms. The van der Waals surface area contributed by atoms with Crippen LogP contribution in [0.4, 0.5) is 0 Å². The average molecular weight is 1230 g/mol. The topological polar surface area (TPSA) is 134 Å². The maximum Gasteiger partial charge on any atom is 0.472 e. The number of hydrogen-bond acceptors (Lipinski definition) is 8. The maximum atomic E-state index is 12.8. The molecule has 0 aromatic heterocycles. The molecule has 9 nitrogen and oxygen atoms in total. The second-order valence-electron chi connectivity index (χ2n) is 23.7. The van der Waals surface area contributed by atoms with E-state index in [1.165, 1.54) is 193 Å². The highest BCUT2D eigenvalue weighted by Crippen LogP contribution is 2.43. The second-order valence-corrected chi connectivity index (χ2v) is 25.2. The SMILES string of the molecule is CC/C=C\C/C=C\C/C=C\C/C=C\C/C=C\C/C=C\C/C=C\C/C=C\C/C=C\CCCCCCCCCCCCCCCC(=O)OC(COC(=O)CCCCCCCCCCCCCCC/C=C\CCCCCCCCCC)COP(=O)(O)OCCN. The van der Waals surface area contributed by atoms with Crippen molar-refractivity contribution < 1.29 is 37.6 Å². The molecule has 0 aliphatic heterocycles. The molecular weight excluding hydrogens is 1100 g/mol. The molecule has 0 bridgehead atoms. The van der Waals surface area contributed by atoms with Crippen LogP contribution in [-0.2, 0) is 32.7 Å².